The number of aromatic nitrogens is 1. The summed E-state index contributed by atoms with van der Waals surface area (Å²) in [7, 11) is 0. The second kappa shape index (κ2) is 9.79. The minimum absolute atomic E-state index is 0. The van der Waals surface area contributed by atoms with E-state index in [-0.39, 0.29) is 30.7 Å². The van der Waals surface area contributed by atoms with Crippen LogP contribution in [0.1, 0.15) is 41.2 Å². The lowest BCUT2D eigenvalue weighted by Crippen LogP contribution is -2.49. The van der Waals surface area contributed by atoms with Crippen LogP contribution in [-0.4, -0.2) is 59.5 Å². The highest BCUT2D eigenvalue weighted by Gasteiger charge is 2.30. The van der Waals surface area contributed by atoms with E-state index >= 15 is 0 Å². The molecule has 1 aromatic heterocycles. The molecule has 3 rings (SSSR count). The lowest BCUT2D eigenvalue weighted by Gasteiger charge is -2.37. The van der Waals surface area contributed by atoms with Crippen molar-refractivity contribution in [1.82, 2.24) is 14.8 Å². The van der Waals surface area contributed by atoms with Crippen LogP contribution in [0.5, 0.6) is 0 Å². The fraction of sp³-hybridized carbons (Fsp3) is 0.733. The molecule has 2 fully saturated rings. The van der Waals surface area contributed by atoms with Gasteiger partial charge in [-0.15, -0.1) is 36.2 Å². The Bertz CT molecular complexity index is 494. The summed E-state index contributed by atoms with van der Waals surface area (Å²) >= 11 is 1.54. The number of likely N-dealkylation sites (tertiary alicyclic amines) is 2. The number of nitrogens with zero attached hydrogens (tertiary/aromatic N) is 3. The average Bonchev–Trinajstić information content (AvgIpc) is 3.18. The van der Waals surface area contributed by atoms with Crippen LogP contribution in [0.25, 0.3) is 0 Å². The molecule has 0 bridgehead atoms. The molecule has 23 heavy (non-hydrogen) atoms. The molecule has 0 aliphatic carbocycles. The number of thiazole rings is 1. The van der Waals surface area contributed by atoms with Crippen LogP contribution < -0.4 is 5.73 Å². The molecule has 1 aromatic rings. The highest BCUT2D eigenvalue weighted by molar-refractivity contribution is 7.09. The fourth-order valence-corrected chi connectivity index (χ4v) is 4.14. The van der Waals surface area contributed by atoms with Crippen LogP contribution >= 0.6 is 36.2 Å². The third-order valence-electron chi connectivity index (χ3n) is 4.47. The zero-order valence-electron chi connectivity index (χ0n) is 13.3. The van der Waals surface area contributed by atoms with Crippen LogP contribution in [0.15, 0.2) is 5.38 Å². The number of hydrogen-bond donors (Lipinski definition) is 1. The van der Waals surface area contributed by atoms with Crippen LogP contribution in [0.3, 0.4) is 0 Å². The third kappa shape index (κ3) is 5.03. The molecule has 0 spiro atoms. The predicted molar refractivity (Wildman–Crippen MR) is 99.1 cm³/mol. The number of rotatable bonds is 4. The minimum Gasteiger partial charge on any atom is -0.336 e. The molecule has 0 saturated carbocycles. The molecule has 8 heteroatoms. The lowest BCUT2D eigenvalue weighted by molar-refractivity contribution is 0.0603. The zero-order valence-corrected chi connectivity index (χ0v) is 15.7. The quantitative estimate of drug-likeness (QED) is 0.869. The van der Waals surface area contributed by atoms with Gasteiger partial charge in [-0.05, 0) is 45.3 Å². The van der Waals surface area contributed by atoms with Crippen molar-refractivity contribution in [2.45, 2.75) is 38.1 Å². The van der Waals surface area contributed by atoms with E-state index in [1.54, 1.807) is 11.3 Å². The van der Waals surface area contributed by atoms with Gasteiger partial charge >= 0.3 is 0 Å². The largest absolute Gasteiger partial charge is 0.336 e. The van der Waals surface area contributed by atoms with E-state index in [4.69, 9.17) is 5.73 Å². The summed E-state index contributed by atoms with van der Waals surface area (Å²) in [5.41, 5.74) is 6.14. The van der Waals surface area contributed by atoms with E-state index in [0.29, 0.717) is 18.3 Å². The van der Waals surface area contributed by atoms with Gasteiger partial charge in [0.1, 0.15) is 5.69 Å². The summed E-state index contributed by atoms with van der Waals surface area (Å²) in [6, 6.07) is 0.548. The molecule has 1 amide bonds. The van der Waals surface area contributed by atoms with Crippen molar-refractivity contribution >= 4 is 42.1 Å². The van der Waals surface area contributed by atoms with Gasteiger partial charge in [0.2, 0.25) is 0 Å². The Hall–Kier alpha value is -0.400. The number of carbonyl (C=O) groups is 1. The maximum atomic E-state index is 12.6. The summed E-state index contributed by atoms with van der Waals surface area (Å²) in [6.07, 6.45) is 5.69. The number of carbonyl (C=O) groups excluding carboxylic acids is 1. The number of piperidine rings is 1. The third-order valence-corrected chi connectivity index (χ3v) is 5.38. The van der Waals surface area contributed by atoms with Crippen LogP contribution in [0.2, 0.25) is 0 Å². The normalized spacial score (nSPS) is 21.6. The van der Waals surface area contributed by atoms with E-state index in [2.05, 4.69) is 9.88 Å². The second-order valence-corrected chi connectivity index (χ2v) is 6.90. The molecule has 1 unspecified atom stereocenters. The molecule has 2 N–H and O–H groups in total. The predicted octanol–water partition coefficient (Wildman–Crippen LogP) is 2.19. The first-order valence-corrected chi connectivity index (χ1v) is 8.83. The summed E-state index contributed by atoms with van der Waals surface area (Å²) in [6.45, 7) is 4.71. The number of amides is 1. The van der Waals surface area contributed by atoms with Crippen molar-refractivity contribution in [2.75, 3.05) is 32.7 Å². The summed E-state index contributed by atoms with van der Waals surface area (Å²) in [4.78, 5) is 21.6. The van der Waals surface area contributed by atoms with Gasteiger partial charge in [0.05, 0.1) is 5.01 Å². The van der Waals surface area contributed by atoms with Gasteiger partial charge in [0.25, 0.3) is 5.91 Å². The van der Waals surface area contributed by atoms with E-state index < -0.39 is 0 Å². The van der Waals surface area contributed by atoms with Crippen molar-refractivity contribution < 1.29 is 4.79 Å². The first-order valence-electron chi connectivity index (χ1n) is 7.95. The van der Waals surface area contributed by atoms with Crippen LogP contribution in [0.4, 0.5) is 0 Å². The van der Waals surface area contributed by atoms with Gasteiger partial charge in [0, 0.05) is 30.9 Å². The SMILES string of the molecule is Cl.Cl.NCCc1nc(C(=O)N2CCCC(N3CCCC3)C2)cs1. The van der Waals surface area contributed by atoms with Crippen molar-refractivity contribution in [2.24, 2.45) is 5.73 Å². The highest BCUT2D eigenvalue weighted by atomic mass is 35.5. The highest BCUT2D eigenvalue weighted by Crippen LogP contribution is 2.22. The molecule has 2 saturated heterocycles. The van der Waals surface area contributed by atoms with Crippen LogP contribution in [-0.2, 0) is 6.42 Å². The average molecular weight is 381 g/mol. The maximum absolute atomic E-state index is 12.6. The van der Waals surface area contributed by atoms with Gasteiger partial charge in [-0.1, -0.05) is 0 Å². The maximum Gasteiger partial charge on any atom is 0.273 e. The van der Waals surface area contributed by atoms with Crippen molar-refractivity contribution in [3.63, 3.8) is 0 Å². The van der Waals surface area contributed by atoms with Crippen molar-refractivity contribution in [1.29, 1.82) is 0 Å². The minimum atomic E-state index is 0. The first-order chi connectivity index (χ1) is 10.3. The zero-order chi connectivity index (χ0) is 14.7. The summed E-state index contributed by atoms with van der Waals surface area (Å²) < 4.78 is 0. The van der Waals surface area contributed by atoms with E-state index in [9.17, 15) is 4.79 Å². The summed E-state index contributed by atoms with van der Waals surface area (Å²) in [5.74, 6) is 0.0958. The Balaban J connectivity index is 0.00000132. The Labute approximate surface area is 154 Å². The van der Waals surface area contributed by atoms with Crippen LogP contribution in [0, 0.1) is 0 Å². The Kier molecular flexibility index (Phi) is 8.79. The lowest BCUT2D eigenvalue weighted by atomic mass is 10.0. The smallest absolute Gasteiger partial charge is 0.273 e. The molecule has 132 valence electrons. The monoisotopic (exact) mass is 380 g/mol. The standard InChI is InChI=1S/C15H24N4OS.2ClH/c16-6-5-14-17-13(11-21-14)15(20)19-9-3-4-12(10-19)18-7-1-2-8-18;;/h11-12H,1-10,16H2;2*1H. The van der Waals surface area contributed by atoms with Gasteiger partial charge in [0.15, 0.2) is 0 Å². The van der Waals surface area contributed by atoms with Gasteiger partial charge in [-0.3, -0.25) is 9.69 Å². The Morgan fingerprint density at radius 2 is 2.00 bits per heavy atom. The molecule has 1 atom stereocenters. The fourth-order valence-electron chi connectivity index (χ4n) is 3.35. The van der Waals surface area contributed by atoms with Gasteiger partial charge < -0.3 is 10.6 Å². The molecule has 2 aliphatic rings. The molecule has 0 aromatic carbocycles. The molecular weight excluding hydrogens is 355 g/mol. The van der Waals surface area contributed by atoms with Crippen molar-refractivity contribution in [3.05, 3.63) is 16.1 Å². The molecule has 3 heterocycles. The molecule has 0 radical (unpaired) electrons. The topological polar surface area (TPSA) is 62.5 Å². The van der Waals surface area contributed by atoms with E-state index in [1.165, 1.54) is 32.4 Å². The van der Waals surface area contributed by atoms with E-state index in [0.717, 1.165) is 30.9 Å². The second-order valence-electron chi connectivity index (χ2n) is 5.96. The number of nitrogens with two attached hydrogens (primary N) is 1. The van der Waals surface area contributed by atoms with Gasteiger partial charge in [-0.25, -0.2) is 4.98 Å². The molecule has 5 nitrogen and oxygen atoms in total. The molecule has 2 aliphatic heterocycles. The molecular formula is C15H26Cl2N4OS. The Morgan fingerprint density at radius 1 is 1.26 bits per heavy atom. The summed E-state index contributed by atoms with van der Waals surface area (Å²) in [5, 5.41) is 2.85. The van der Waals surface area contributed by atoms with Gasteiger partial charge in [-0.2, -0.15) is 0 Å². The number of hydrogen-bond acceptors (Lipinski definition) is 5. The van der Waals surface area contributed by atoms with Crippen molar-refractivity contribution in [3.8, 4) is 0 Å². The Morgan fingerprint density at radius 3 is 2.70 bits per heavy atom. The van der Waals surface area contributed by atoms with E-state index in [1.807, 2.05) is 10.3 Å². The first kappa shape index (κ1) is 20.6. The number of halogens is 2.